The summed E-state index contributed by atoms with van der Waals surface area (Å²) in [6, 6.07) is 3.57. The van der Waals surface area contributed by atoms with Gasteiger partial charge in [0.1, 0.15) is 0 Å². The summed E-state index contributed by atoms with van der Waals surface area (Å²) in [4.78, 5) is 14.4. The Hall–Kier alpha value is -1.72. The first-order chi connectivity index (χ1) is 11.4. The highest BCUT2D eigenvalue weighted by atomic mass is 19.4. The van der Waals surface area contributed by atoms with Gasteiger partial charge in [0, 0.05) is 19.0 Å². The summed E-state index contributed by atoms with van der Waals surface area (Å²) in [7, 11) is 0. The number of hydrogen-bond donors (Lipinski definition) is 1. The minimum atomic E-state index is -4.42. The maximum absolute atomic E-state index is 13.0. The first-order valence-corrected chi connectivity index (χ1v) is 8.63. The number of carbonyl (C=O) groups is 1. The lowest BCUT2D eigenvalue weighted by Gasteiger charge is -2.27. The molecule has 0 aliphatic heterocycles. The number of rotatable bonds is 5. The van der Waals surface area contributed by atoms with Gasteiger partial charge in [-0.15, -0.1) is 0 Å². The van der Waals surface area contributed by atoms with E-state index in [9.17, 15) is 18.0 Å². The SMILES string of the molecule is CCN(CC)c1ccc(C(F)(F)F)cc1NC(=O)C1CCCCC1. The second-order valence-electron chi connectivity index (χ2n) is 6.23. The van der Waals surface area contributed by atoms with Crippen LogP contribution in [0.1, 0.15) is 51.5 Å². The molecular formula is C18H25F3N2O. The van der Waals surface area contributed by atoms with Crippen molar-refractivity contribution in [2.45, 2.75) is 52.1 Å². The lowest BCUT2D eigenvalue weighted by molar-refractivity contribution is -0.137. The molecule has 6 heteroatoms. The maximum Gasteiger partial charge on any atom is 0.416 e. The summed E-state index contributed by atoms with van der Waals surface area (Å²) in [5.74, 6) is -0.264. The highest BCUT2D eigenvalue weighted by Crippen LogP contribution is 2.36. The Labute approximate surface area is 141 Å². The molecule has 1 fully saturated rings. The van der Waals surface area contributed by atoms with Crippen LogP contribution in [0.3, 0.4) is 0 Å². The number of anilines is 2. The summed E-state index contributed by atoms with van der Waals surface area (Å²) in [5.41, 5.74) is 0.151. The zero-order valence-corrected chi connectivity index (χ0v) is 14.2. The van der Waals surface area contributed by atoms with Crippen LogP contribution in [0.5, 0.6) is 0 Å². The molecule has 1 aromatic carbocycles. The zero-order valence-electron chi connectivity index (χ0n) is 14.2. The lowest BCUT2D eigenvalue weighted by Crippen LogP contribution is -2.28. The van der Waals surface area contributed by atoms with Crippen LogP contribution in [0.4, 0.5) is 24.5 Å². The molecule has 24 heavy (non-hydrogen) atoms. The molecule has 0 atom stereocenters. The number of hydrogen-bond acceptors (Lipinski definition) is 2. The van der Waals surface area contributed by atoms with E-state index in [-0.39, 0.29) is 17.5 Å². The average molecular weight is 342 g/mol. The van der Waals surface area contributed by atoms with Gasteiger partial charge >= 0.3 is 6.18 Å². The minimum Gasteiger partial charge on any atom is -0.370 e. The quantitative estimate of drug-likeness (QED) is 0.810. The van der Waals surface area contributed by atoms with Crippen molar-refractivity contribution in [1.29, 1.82) is 0 Å². The molecule has 0 aromatic heterocycles. The molecule has 1 amide bonds. The van der Waals surface area contributed by atoms with Crippen LogP contribution in [0, 0.1) is 5.92 Å². The van der Waals surface area contributed by atoms with Crippen LogP contribution in [-0.2, 0) is 11.0 Å². The molecule has 0 heterocycles. The fraction of sp³-hybridized carbons (Fsp3) is 0.611. The molecule has 1 aliphatic rings. The Morgan fingerprint density at radius 3 is 2.33 bits per heavy atom. The number of halogens is 3. The van der Waals surface area contributed by atoms with Gasteiger partial charge < -0.3 is 10.2 Å². The van der Waals surface area contributed by atoms with Crippen LogP contribution in [0.25, 0.3) is 0 Å². The highest BCUT2D eigenvalue weighted by Gasteiger charge is 2.32. The van der Waals surface area contributed by atoms with Crippen LogP contribution in [-0.4, -0.2) is 19.0 Å². The van der Waals surface area contributed by atoms with Crippen molar-refractivity contribution in [2.75, 3.05) is 23.3 Å². The van der Waals surface area contributed by atoms with Gasteiger partial charge in [0.05, 0.1) is 16.9 Å². The predicted molar refractivity (Wildman–Crippen MR) is 90.2 cm³/mol. The molecule has 1 N–H and O–H groups in total. The Kier molecular flexibility index (Phi) is 6.13. The number of alkyl halides is 3. The molecule has 0 unspecified atom stereocenters. The largest absolute Gasteiger partial charge is 0.416 e. The van der Waals surface area contributed by atoms with Gasteiger partial charge in [0.15, 0.2) is 0 Å². The third-order valence-corrected chi connectivity index (χ3v) is 4.66. The first kappa shape index (κ1) is 18.6. The van der Waals surface area contributed by atoms with Gasteiger partial charge in [-0.1, -0.05) is 19.3 Å². The zero-order chi connectivity index (χ0) is 17.7. The predicted octanol–water partition coefficient (Wildman–Crippen LogP) is 5.07. The topological polar surface area (TPSA) is 32.3 Å². The molecule has 1 saturated carbocycles. The normalized spacial score (nSPS) is 16.0. The van der Waals surface area contributed by atoms with Crippen molar-refractivity contribution >= 4 is 17.3 Å². The standard InChI is InChI=1S/C18H25F3N2O/c1-3-23(4-2)16-11-10-14(18(19,20)21)12-15(16)22-17(24)13-8-6-5-7-9-13/h10-13H,3-9H2,1-2H3,(H,22,24). The second kappa shape index (κ2) is 7.90. The van der Waals surface area contributed by atoms with E-state index in [1.54, 1.807) is 0 Å². The van der Waals surface area contributed by atoms with E-state index in [2.05, 4.69) is 5.32 Å². The number of nitrogens with zero attached hydrogens (tertiary/aromatic N) is 1. The monoisotopic (exact) mass is 342 g/mol. The Morgan fingerprint density at radius 2 is 1.79 bits per heavy atom. The van der Waals surface area contributed by atoms with E-state index in [4.69, 9.17) is 0 Å². The molecule has 0 bridgehead atoms. The summed E-state index contributed by atoms with van der Waals surface area (Å²) >= 11 is 0. The van der Waals surface area contributed by atoms with E-state index >= 15 is 0 Å². The van der Waals surface area contributed by atoms with E-state index in [1.165, 1.54) is 6.07 Å². The lowest BCUT2D eigenvalue weighted by atomic mass is 9.88. The van der Waals surface area contributed by atoms with Crippen molar-refractivity contribution in [3.05, 3.63) is 23.8 Å². The number of nitrogens with one attached hydrogen (secondary N) is 1. The average Bonchev–Trinajstić information content (AvgIpc) is 2.57. The van der Waals surface area contributed by atoms with Crippen molar-refractivity contribution in [3.63, 3.8) is 0 Å². The molecule has 0 spiro atoms. The summed E-state index contributed by atoms with van der Waals surface area (Å²) in [6.45, 7) is 5.20. The third kappa shape index (κ3) is 4.42. The van der Waals surface area contributed by atoms with Gasteiger partial charge in [0.2, 0.25) is 5.91 Å². The van der Waals surface area contributed by atoms with Crippen LogP contribution >= 0.6 is 0 Å². The van der Waals surface area contributed by atoms with Gasteiger partial charge in [-0.05, 0) is 44.9 Å². The molecule has 2 rings (SSSR count). The summed E-state index contributed by atoms with van der Waals surface area (Å²) < 4.78 is 39.1. The van der Waals surface area contributed by atoms with Crippen molar-refractivity contribution in [1.82, 2.24) is 0 Å². The third-order valence-electron chi connectivity index (χ3n) is 4.66. The molecule has 0 radical (unpaired) electrons. The van der Waals surface area contributed by atoms with Gasteiger partial charge in [-0.25, -0.2) is 0 Å². The van der Waals surface area contributed by atoms with Crippen LogP contribution < -0.4 is 10.2 Å². The van der Waals surface area contributed by atoms with E-state index in [0.717, 1.165) is 44.2 Å². The number of benzene rings is 1. The van der Waals surface area contributed by atoms with Crippen molar-refractivity contribution < 1.29 is 18.0 Å². The Balaban J connectivity index is 2.30. The van der Waals surface area contributed by atoms with Crippen molar-refractivity contribution in [3.8, 4) is 0 Å². The molecule has 1 aliphatic carbocycles. The van der Waals surface area contributed by atoms with Gasteiger partial charge in [0.25, 0.3) is 0 Å². The smallest absolute Gasteiger partial charge is 0.370 e. The fourth-order valence-corrected chi connectivity index (χ4v) is 3.25. The Bertz CT molecular complexity index is 562. The van der Waals surface area contributed by atoms with Crippen LogP contribution in [0.2, 0.25) is 0 Å². The van der Waals surface area contributed by atoms with Crippen molar-refractivity contribution in [2.24, 2.45) is 5.92 Å². The second-order valence-corrected chi connectivity index (χ2v) is 6.23. The summed E-state index contributed by atoms with van der Waals surface area (Å²) in [6.07, 6.45) is 0.327. The van der Waals surface area contributed by atoms with Gasteiger partial charge in [-0.3, -0.25) is 4.79 Å². The first-order valence-electron chi connectivity index (χ1n) is 8.63. The van der Waals surface area contributed by atoms with Gasteiger partial charge in [-0.2, -0.15) is 13.2 Å². The minimum absolute atomic E-state index is 0.0992. The summed E-state index contributed by atoms with van der Waals surface area (Å²) in [5, 5.41) is 2.76. The van der Waals surface area contributed by atoms with E-state index in [1.807, 2.05) is 18.7 Å². The highest BCUT2D eigenvalue weighted by molar-refractivity contribution is 5.96. The van der Waals surface area contributed by atoms with Crippen LogP contribution in [0.15, 0.2) is 18.2 Å². The fourth-order valence-electron chi connectivity index (χ4n) is 3.25. The molecule has 0 saturated heterocycles. The Morgan fingerprint density at radius 1 is 1.17 bits per heavy atom. The van der Waals surface area contributed by atoms with E-state index < -0.39 is 11.7 Å². The molecule has 134 valence electrons. The molecule has 3 nitrogen and oxygen atoms in total. The maximum atomic E-state index is 13.0. The number of amides is 1. The van der Waals surface area contributed by atoms with E-state index in [0.29, 0.717) is 18.8 Å². The number of carbonyl (C=O) groups excluding carboxylic acids is 1. The molecule has 1 aromatic rings. The molecular weight excluding hydrogens is 317 g/mol.